The van der Waals surface area contributed by atoms with Gasteiger partial charge >= 0.3 is 5.97 Å². The van der Waals surface area contributed by atoms with Crippen LogP contribution in [0.2, 0.25) is 0 Å². The molecule has 0 saturated heterocycles. The van der Waals surface area contributed by atoms with E-state index in [0.717, 1.165) is 6.54 Å². The average molecular weight is 337 g/mol. The van der Waals surface area contributed by atoms with Crippen molar-refractivity contribution in [2.45, 2.75) is 11.8 Å². The fraction of sp³-hybridized carbons (Fsp3) is 0.333. The van der Waals surface area contributed by atoms with Crippen LogP contribution in [0.3, 0.4) is 0 Å². The zero-order chi connectivity index (χ0) is 16.9. The molecular formula is C15H19N3O4S. The highest BCUT2D eigenvalue weighted by Crippen LogP contribution is 2.24. The van der Waals surface area contributed by atoms with Crippen LogP contribution in [-0.4, -0.2) is 46.1 Å². The largest absolute Gasteiger partial charge is 0.464 e. The summed E-state index contributed by atoms with van der Waals surface area (Å²) in [5.41, 5.74) is 0.0923. The zero-order valence-electron chi connectivity index (χ0n) is 13.0. The molecule has 1 heterocycles. The number of sulfonamides is 1. The van der Waals surface area contributed by atoms with Gasteiger partial charge in [-0.15, -0.1) is 0 Å². The lowest BCUT2D eigenvalue weighted by molar-refractivity contribution is 0.0596. The molecule has 2 rings (SSSR count). The van der Waals surface area contributed by atoms with Crippen molar-refractivity contribution in [3.8, 4) is 0 Å². The quantitative estimate of drug-likeness (QED) is 0.576. The Hall–Kier alpha value is -2.03. The number of carbonyl (C=O) groups is 1. The summed E-state index contributed by atoms with van der Waals surface area (Å²) in [6.07, 6.45) is 1.40. The number of fused-ring (bicyclic) bond motifs is 1. The fourth-order valence-corrected chi connectivity index (χ4v) is 3.45. The van der Waals surface area contributed by atoms with E-state index in [-0.39, 0.29) is 17.1 Å². The van der Waals surface area contributed by atoms with Crippen molar-refractivity contribution in [3.63, 3.8) is 0 Å². The molecule has 8 heteroatoms. The van der Waals surface area contributed by atoms with Gasteiger partial charge in [-0.05, 0) is 18.7 Å². The minimum atomic E-state index is -3.69. The fourth-order valence-electron chi connectivity index (χ4n) is 2.20. The van der Waals surface area contributed by atoms with Crippen LogP contribution in [0.25, 0.3) is 10.8 Å². The number of methoxy groups -OCH3 is 1. The van der Waals surface area contributed by atoms with Gasteiger partial charge in [-0.3, -0.25) is 0 Å². The molecule has 0 aliphatic rings. The molecule has 0 aliphatic carbocycles. The Kier molecular flexibility index (Phi) is 5.64. The first-order valence-corrected chi connectivity index (χ1v) is 8.66. The molecule has 124 valence electrons. The molecular weight excluding hydrogens is 318 g/mol. The second-order valence-electron chi connectivity index (χ2n) is 4.75. The smallest absolute Gasteiger partial charge is 0.357 e. The number of esters is 1. The van der Waals surface area contributed by atoms with Gasteiger partial charge in [0.15, 0.2) is 5.69 Å². The summed E-state index contributed by atoms with van der Waals surface area (Å²) in [5, 5.41) is 3.91. The number of pyridine rings is 1. The number of aromatic nitrogens is 1. The average Bonchev–Trinajstić information content (AvgIpc) is 2.57. The highest BCUT2D eigenvalue weighted by Gasteiger charge is 2.20. The Labute approximate surface area is 135 Å². The molecule has 0 bridgehead atoms. The van der Waals surface area contributed by atoms with Crippen molar-refractivity contribution in [2.24, 2.45) is 0 Å². The van der Waals surface area contributed by atoms with E-state index < -0.39 is 16.0 Å². The van der Waals surface area contributed by atoms with Crippen LogP contribution in [0, 0.1) is 0 Å². The van der Waals surface area contributed by atoms with Crippen LogP contribution in [0.15, 0.2) is 35.4 Å². The minimum absolute atomic E-state index is 0.0923. The van der Waals surface area contributed by atoms with Crippen molar-refractivity contribution < 1.29 is 17.9 Å². The van der Waals surface area contributed by atoms with Gasteiger partial charge in [0.05, 0.1) is 12.0 Å². The summed E-state index contributed by atoms with van der Waals surface area (Å²) >= 11 is 0. The van der Waals surface area contributed by atoms with Gasteiger partial charge in [0, 0.05) is 30.1 Å². The monoisotopic (exact) mass is 337 g/mol. The van der Waals surface area contributed by atoms with Crippen molar-refractivity contribution in [3.05, 3.63) is 36.2 Å². The van der Waals surface area contributed by atoms with Gasteiger partial charge in [-0.1, -0.05) is 19.1 Å². The normalized spacial score (nSPS) is 11.6. The molecule has 7 nitrogen and oxygen atoms in total. The first kappa shape index (κ1) is 17.3. The highest BCUT2D eigenvalue weighted by molar-refractivity contribution is 7.89. The number of ether oxygens (including phenoxy) is 1. The third-order valence-electron chi connectivity index (χ3n) is 3.28. The van der Waals surface area contributed by atoms with E-state index in [1.165, 1.54) is 19.4 Å². The predicted molar refractivity (Wildman–Crippen MR) is 86.8 cm³/mol. The van der Waals surface area contributed by atoms with E-state index >= 15 is 0 Å². The van der Waals surface area contributed by atoms with Crippen molar-refractivity contribution >= 4 is 26.8 Å². The SMILES string of the molecule is CCNCCNS(=O)(=O)c1cccc2c(C(=O)OC)nccc12. The van der Waals surface area contributed by atoms with Gasteiger partial charge in [0.25, 0.3) is 0 Å². The third-order valence-corrected chi connectivity index (χ3v) is 4.80. The Morgan fingerprint density at radius 3 is 2.70 bits per heavy atom. The topological polar surface area (TPSA) is 97.4 Å². The predicted octanol–water partition coefficient (Wildman–Crippen LogP) is 0.909. The van der Waals surface area contributed by atoms with Gasteiger partial charge < -0.3 is 10.1 Å². The number of nitrogens with one attached hydrogen (secondary N) is 2. The number of likely N-dealkylation sites (N-methyl/N-ethyl adjacent to an activating group) is 1. The van der Waals surface area contributed by atoms with E-state index in [9.17, 15) is 13.2 Å². The number of rotatable bonds is 7. The molecule has 23 heavy (non-hydrogen) atoms. The van der Waals surface area contributed by atoms with Gasteiger partial charge in [-0.25, -0.2) is 22.9 Å². The van der Waals surface area contributed by atoms with E-state index in [1.54, 1.807) is 18.2 Å². The van der Waals surface area contributed by atoms with Crippen molar-refractivity contribution in [1.29, 1.82) is 0 Å². The maximum absolute atomic E-state index is 12.5. The lowest BCUT2D eigenvalue weighted by atomic mass is 10.1. The minimum Gasteiger partial charge on any atom is -0.464 e. The Morgan fingerprint density at radius 2 is 2.00 bits per heavy atom. The molecule has 0 amide bonds. The van der Waals surface area contributed by atoms with Crippen LogP contribution < -0.4 is 10.0 Å². The van der Waals surface area contributed by atoms with Gasteiger partial charge in [0.1, 0.15) is 0 Å². The number of hydrogen-bond donors (Lipinski definition) is 2. The molecule has 0 saturated carbocycles. The summed E-state index contributed by atoms with van der Waals surface area (Å²) in [5.74, 6) is -0.606. The molecule has 0 spiro atoms. The summed E-state index contributed by atoms with van der Waals surface area (Å²) < 4.78 is 32.2. The standard InChI is InChI=1S/C15H19N3O4S/c1-3-16-9-10-18-23(20,21)13-6-4-5-12-11(13)7-8-17-14(12)15(19)22-2/h4-8,16,18H,3,9-10H2,1-2H3. The molecule has 0 aliphatic heterocycles. The highest BCUT2D eigenvalue weighted by atomic mass is 32.2. The Balaban J connectivity index is 2.44. The molecule has 2 aromatic rings. The summed E-state index contributed by atoms with van der Waals surface area (Å²) in [4.78, 5) is 15.9. The van der Waals surface area contributed by atoms with E-state index in [0.29, 0.717) is 17.3 Å². The van der Waals surface area contributed by atoms with E-state index in [4.69, 9.17) is 0 Å². The molecule has 2 N–H and O–H groups in total. The van der Waals surface area contributed by atoms with Crippen LogP contribution in [0.4, 0.5) is 0 Å². The summed E-state index contributed by atoms with van der Waals surface area (Å²) in [7, 11) is -2.43. The summed E-state index contributed by atoms with van der Waals surface area (Å²) in [6, 6.07) is 6.29. The number of nitrogens with zero attached hydrogens (tertiary/aromatic N) is 1. The molecule has 0 radical (unpaired) electrons. The molecule has 0 unspecified atom stereocenters. The lowest BCUT2D eigenvalue weighted by Gasteiger charge is -2.11. The Bertz CT molecular complexity index is 805. The maximum atomic E-state index is 12.5. The van der Waals surface area contributed by atoms with Crippen LogP contribution in [0.1, 0.15) is 17.4 Å². The van der Waals surface area contributed by atoms with Crippen LogP contribution in [-0.2, 0) is 14.8 Å². The number of carbonyl (C=O) groups excluding carboxylic acids is 1. The first-order valence-electron chi connectivity index (χ1n) is 7.17. The van der Waals surface area contributed by atoms with Crippen molar-refractivity contribution in [1.82, 2.24) is 15.0 Å². The Morgan fingerprint density at radius 1 is 1.22 bits per heavy atom. The second-order valence-corrected chi connectivity index (χ2v) is 6.49. The maximum Gasteiger partial charge on any atom is 0.357 e. The first-order chi connectivity index (χ1) is 11.0. The van der Waals surface area contributed by atoms with Crippen LogP contribution in [0.5, 0.6) is 0 Å². The third kappa shape index (κ3) is 3.84. The molecule has 1 aromatic heterocycles. The second kappa shape index (κ2) is 7.49. The van der Waals surface area contributed by atoms with E-state index in [2.05, 4.69) is 19.8 Å². The number of benzene rings is 1. The molecule has 0 atom stereocenters. The lowest BCUT2D eigenvalue weighted by Crippen LogP contribution is -2.31. The van der Waals surface area contributed by atoms with E-state index in [1.807, 2.05) is 6.92 Å². The number of hydrogen-bond acceptors (Lipinski definition) is 6. The van der Waals surface area contributed by atoms with Gasteiger partial charge in [0.2, 0.25) is 10.0 Å². The van der Waals surface area contributed by atoms with Crippen molar-refractivity contribution in [2.75, 3.05) is 26.7 Å². The molecule has 1 aromatic carbocycles. The molecule has 0 fully saturated rings. The van der Waals surface area contributed by atoms with Gasteiger partial charge in [-0.2, -0.15) is 0 Å². The summed E-state index contributed by atoms with van der Waals surface area (Å²) in [6.45, 7) is 3.53. The zero-order valence-corrected chi connectivity index (χ0v) is 13.8. The van der Waals surface area contributed by atoms with Crippen LogP contribution >= 0.6 is 0 Å².